The van der Waals surface area contributed by atoms with Crippen LogP contribution in [-0.2, 0) is 11.3 Å². The van der Waals surface area contributed by atoms with Crippen molar-refractivity contribution in [2.24, 2.45) is 5.92 Å². The van der Waals surface area contributed by atoms with Gasteiger partial charge in [0.2, 0.25) is 6.79 Å². The highest BCUT2D eigenvalue weighted by Crippen LogP contribution is 2.33. The zero-order valence-corrected chi connectivity index (χ0v) is 29.3. The molecule has 49 heavy (non-hydrogen) atoms. The van der Waals surface area contributed by atoms with Gasteiger partial charge >= 0.3 is 6.03 Å². The van der Waals surface area contributed by atoms with Crippen LogP contribution in [0.5, 0.6) is 17.2 Å². The van der Waals surface area contributed by atoms with E-state index < -0.39 is 12.1 Å². The van der Waals surface area contributed by atoms with Gasteiger partial charge in [0.05, 0.1) is 30.4 Å². The third-order valence-corrected chi connectivity index (χ3v) is 8.96. The lowest BCUT2D eigenvalue weighted by Crippen LogP contribution is -2.47. The standard InChI is InChI=1S/C36H49N5O8/c1-22-17-41(23(2)20-42)35(43)29-16-28(37-36(44)38-34-25(4)39-49-26(34)5)11-13-30(29)48-24(3)9-7-8-14-45-33(22)19-40(6)18-27-10-12-31-32(15-27)47-21-46-31/h10-13,15-16,22-24,33,42H,7-9,14,17-21H2,1-6H3,(H2,37,38,44)/t22-,23+,24-,33+/m0/s1. The van der Waals surface area contributed by atoms with Crippen molar-refractivity contribution in [3.63, 3.8) is 0 Å². The lowest BCUT2D eigenvalue weighted by atomic mass is 10.0. The highest BCUT2D eigenvalue weighted by atomic mass is 16.7. The second-order valence-electron chi connectivity index (χ2n) is 13.2. The van der Waals surface area contributed by atoms with E-state index in [1.807, 2.05) is 32.0 Å². The Morgan fingerprint density at radius 1 is 1.08 bits per heavy atom. The monoisotopic (exact) mass is 679 g/mol. The Bertz CT molecular complexity index is 1580. The molecule has 0 fully saturated rings. The van der Waals surface area contributed by atoms with E-state index in [0.717, 1.165) is 36.3 Å². The molecule has 1 aromatic heterocycles. The fraction of sp³-hybridized carbons (Fsp3) is 0.528. The van der Waals surface area contributed by atoms with Crippen LogP contribution in [0.2, 0.25) is 0 Å². The molecule has 0 radical (unpaired) electrons. The molecular weight excluding hydrogens is 630 g/mol. The molecule has 2 aromatic carbocycles. The van der Waals surface area contributed by atoms with E-state index in [-0.39, 0.29) is 37.4 Å². The zero-order valence-electron chi connectivity index (χ0n) is 29.3. The number of rotatable bonds is 8. The van der Waals surface area contributed by atoms with Crippen molar-refractivity contribution in [2.75, 3.05) is 50.8 Å². The molecule has 0 unspecified atom stereocenters. The van der Waals surface area contributed by atoms with Crippen molar-refractivity contribution < 1.29 is 38.2 Å². The number of nitrogens with zero attached hydrogens (tertiary/aromatic N) is 3. The summed E-state index contributed by atoms with van der Waals surface area (Å²) >= 11 is 0. The van der Waals surface area contributed by atoms with Crippen LogP contribution in [0.4, 0.5) is 16.2 Å². The Morgan fingerprint density at radius 2 is 1.86 bits per heavy atom. The topological polar surface area (TPSA) is 148 Å². The van der Waals surface area contributed by atoms with Gasteiger partial charge < -0.3 is 44.1 Å². The van der Waals surface area contributed by atoms with Crippen molar-refractivity contribution >= 4 is 23.3 Å². The van der Waals surface area contributed by atoms with Gasteiger partial charge in [-0.25, -0.2) is 4.79 Å². The van der Waals surface area contributed by atoms with E-state index in [0.29, 0.717) is 60.4 Å². The Balaban J connectivity index is 1.37. The Morgan fingerprint density at radius 3 is 2.61 bits per heavy atom. The van der Waals surface area contributed by atoms with Crippen LogP contribution in [0.1, 0.15) is 67.4 Å². The van der Waals surface area contributed by atoms with Crippen LogP contribution in [0.25, 0.3) is 0 Å². The predicted molar refractivity (Wildman–Crippen MR) is 184 cm³/mol. The van der Waals surface area contributed by atoms with Crippen LogP contribution in [0, 0.1) is 19.8 Å². The normalized spacial score (nSPS) is 20.7. The van der Waals surface area contributed by atoms with Crippen LogP contribution in [-0.4, -0.2) is 90.4 Å². The summed E-state index contributed by atoms with van der Waals surface area (Å²) in [6, 6.07) is 10.0. The molecule has 2 aliphatic rings. The number of carbonyl (C=O) groups excluding carboxylic acids is 2. The average molecular weight is 680 g/mol. The Labute approximate surface area is 287 Å². The van der Waals surface area contributed by atoms with Gasteiger partial charge in [-0.15, -0.1) is 0 Å². The second kappa shape index (κ2) is 16.4. The lowest BCUT2D eigenvalue weighted by Gasteiger charge is -2.36. The molecule has 0 bridgehead atoms. The van der Waals surface area contributed by atoms with E-state index in [2.05, 4.69) is 34.7 Å². The Hall–Kier alpha value is -4.33. The first-order valence-corrected chi connectivity index (χ1v) is 16.9. The van der Waals surface area contributed by atoms with Crippen molar-refractivity contribution in [1.29, 1.82) is 0 Å². The number of hydrogen-bond acceptors (Lipinski definition) is 10. The number of aliphatic hydroxyl groups excluding tert-OH is 1. The average Bonchev–Trinajstić information content (AvgIpc) is 3.67. The summed E-state index contributed by atoms with van der Waals surface area (Å²) in [6.07, 6.45) is 2.19. The molecule has 0 aliphatic carbocycles. The maximum absolute atomic E-state index is 14.4. The first-order valence-electron chi connectivity index (χ1n) is 16.9. The summed E-state index contributed by atoms with van der Waals surface area (Å²) in [5.74, 6) is 2.02. The van der Waals surface area contributed by atoms with Crippen LogP contribution in [0.3, 0.4) is 0 Å². The van der Waals surface area contributed by atoms with Gasteiger partial charge in [0, 0.05) is 37.8 Å². The first kappa shape index (κ1) is 36.0. The number of benzene rings is 2. The van der Waals surface area contributed by atoms with Crippen molar-refractivity contribution in [2.45, 2.75) is 78.7 Å². The van der Waals surface area contributed by atoms with Gasteiger partial charge in [-0.3, -0.25) is 9.69 Å². The second-order valence-corrected chi connectivity index (χ2v) is 13.2. The van der Waals surface area contributed by atoms with Gasteiger partial charge in [0.1, 0.15) is 17.1 Å². The number of aromatic nitrogens is 1. The molecule has 4 atom stereocenters. The molecule has 266 valence electrons. The van der Waals surface area contributed by atoms with Crippen LogP contribution < -0.4 is 24.8 Å². The number of amides is 3. The molecule has 3 amide bonds. The number of anilines is 2. The van der Waals surface area contributed by atoms with E-state index in [4.69, 9.17) is 23.5 Å². The minimum atomic E-state index is -0.504. The molecule has 0 saturated heterocycles. The molecular formula is C36H49N5O8. The fourth-order valence-corrected chi connectivity index (χ4v) is 6.12. The fourth-order valence-electron chi connectivity index (χ4n) is 6.12. The molecule has 3 N–H and O–H groups in total. The number of nitrogens with one attached hydrogen (secondary N) is 2. The molecule has 3 heterocycles. The number of carbonyl (C=O) groups is 2. The highest BCUT2D eigenvalue weighted by Gasteiger charge is 2.30. The predicted octanol–water partition coefficient (Wildman–Crippen LogP) is 5.59. The largest absolute Gasteiger partial charge is 0.490 e. The summed E-state index contributed by atoms with van der Waals surface area (Å²) in [5.41, 5.74) is 2.84. The van der Waals surface area contributed by atoms with Crippen LogP contribution in [0.15, 0.2) is 40.9 Å². The number of ether oxygens (including phenoxy) is 4. The molecule has 0 spiro atoms. The Kier molecular flexibility index (Phi) is 12.0. The van der Waals surface area contributed by atoms with Crippen molar-refractivity contribution in [3.8, 4) is 17.2 Å². The summed E-state index contributed by atoms with van der Waals surface area (Å²) in [4.78, 5) is 31.2. The first-order chi connectivity index (χ1) is 23.5. The molecule has 13 nitrogen and oxygen atoms in total. The molecule has 0 saturated carbocycles. The summed E-state index contributed by atoms with van der Waals surface area (Å²) in [5, 5.41) is 19.7. The molecule has 5 rings (SSSR count). The van der Waals surface area contributed by atoms with E-state index in [1.54, 1.807) is 36.9 Å². The molecule has 3 aromatic rings. The number of aryl methyl sites for hydroxylation is 2. The summed E-state index contributed by atoms with van der Waals surface area (Å²) in [7, 11) is 2.05. The van der Waals surface area contributed by atoms with E-state index in [1.165, 1.54) is 0 Å². The van der Waals surface area contributed by atoms with E-state index in [9.17, 15) is 14.7 Å². The SMILES string of the molecule is Cc1noc(C)c1NC(=O)Nc1ccc2c(c1)C(=O)N([C@H](C)CO)C[C@H](C)[C@@H](CN(C)Cc1ccc3c(c1)OCO3)OCCCC[C@H](C)O2. The van der Waals surface area contributed by atoms with Gasteiger partial charge in [-0.05, 0) is 89.9 Å². The maximum Gasteiger partial charge on any atom is 0.323 e. The quantitative estimate of drug-likeness (QED) is 0.275. The van der Waals surface area contributed by atoms with Crippen molar-refractivity contribution in [3.05, 3.63) is 59.0 Å². The molecule has 13 heteroatoms. The highest BCUT2D eigenvalue weighted by molar-refractivity contribution is 6.03. The maximum atomic E-state index is 14.4. The summed E-state index contributed by atoms with van der Waals surface area (Å²) < 4.78 is 29.0. The minimum Gasteiger partial charge on any atom is -0.490 e. The summed E-state index contributed by atoms with van der Waals surface area (Å²) in [6.45, 7) is 11.6. The molecule has 2 aliphatic heterocycles. The lowest BCUT2D eigenvalue weighted by molar-refractivity contribution is -0.0177. The third-order valence-electron chi connectivity index (χ3n) is 8.96. The van der Waals surface area contributed by atoms with Gasteiger partial charge in [0.15, 0.2) is 17.3 Å². The van der Waals surface area contributed by atoms with Gasteiger partial charge in [-0.2, -0.15) is 0 Å². The van der Waals surface area contributed by atoms with Crippen LogP contribution >= 0.6 is 0 Å². The third kappa shape index (κ3) is 9.22. The number of urea groups is 1. The smallest absolute Gasteiger partial charge is 0.323 e. The van der Waals surface area contributed by atoms with Gasteiger partial charge in [0.25, 0.3) is 5.91 Å². The van der Waals surface area contributed by atoms with Crippen molar-refractivity contribution in [1.82, 2.24) is 15.0 Å². The minimum absolute atomic E-state index is 0.0782. The number of likely N-dealkylation sites (N-methyl/N-ethyl adjacent to an activating group) is 1. The van der Waals surface area contributed by atoms with E-state index >= 15 is 0 Å². The number of hydrogen-bond donors (Lipinski definition) is 3. The number of fused-ring (bicyclic) bond motifs is 2. The van der Waals surface area contributed by atoms with Gasteiger partial charge in [-0.1, -0.05) is 18.1 Å². The zero-order chi connectivity index (χ0) is 35.1. The number of aliphatic hydroxyl groups is 1.